The number of carbonyl (C=O) groups is 1. The van der Waals surface area contributed by atoms with E-state index in [9.17, 15) is 14.9 Å². The Morgan fingerprint density at radius 2 is 2.04 bits per heavy atom. The molecule has 0 saturated carbocycles. The van der Waals surface area contributed by atoms with Crippen LogP contribution >= 0.6 is 11.6 Å². The summed E-state index contributed by atoms with van der Waals surface area (Å²) in [6, 6.07) is 10.1. The molecule has 3 aromatic rings. The van der Waals surface area contributed by atoms with Crippen molar-refractivity contribution in [2.24, 2.45) is 0 Å². The van der Waals surface area contributed by atoms with E-state index in [0.29, 0.717) is 5.69 Å². The Labute approximate surface area is 167 Å². The number of nitro groups is 1. The monoisotopic (exact) mass is 394 g/mol. The summed E-state index contributed by atoms with van der Waals surface area (Å²) in [5.74, 6) is -0.249. The minimum absolute atomic E-state index is 0.0198. The Balaban J connectivity index is 1.91. The summed E-state index contributed by atoms with van der Waals surface area (Å²) < 4.78 is 1.89. The number of hydrogen-bond donors (Lipinski definition) is 0. The second-order valence-corrected chi connectivity index (χ2v) is 7.44. The van der Waals surface area contributed by atoms with E-state index in [1.54, 1.807) is 6.07 Å². The van der Waals surface area contributed by atoms with Gasteiger partial charge in [0.1, 0.15) is 5.02 Å². The highest BCUT2D eigenvalue weighted by atomic mass is 35.5. The van der Waals surface area contributed by atoms with Gasteiger partial charge in [-0.05, 0) is 68.0 Å². The van der Waals surface area contributed by atoms with Crippen LogP contribution in [0.2, 0.25) is 5.02 Å². The molecule has 0 unspecified atom stereocenters. The minimum atomic E-state index is -0.569. The van der Waals surface area contributed by atoms with E-state index in [0.717, 1.165) is 35.9 Å². The second-order valence-electron chi connectivity index (χ2n) is 7.03. The fourth-order valence-electron chi connectivity index (χ4n) is 4.01. The van der Waals surface area contributed by atoms with Crippen molar-refractivity contribution in [2.75, 3.05) is 0 Å². The van der Waals surface area contributed by atoms with Gasteiger partial charge in [0.05, 0.1) is 16.1 Å². The highest BCUT2D eigenvalue weighted by Gasteiger charge is 2.25. The Hall–Kier alpha value is -2.92. The lowest BCUT2D eigenvalue weighted by molar-refractivity contribution is -0.384. The normalized spacial score (nSPS) is 14.1. The van der Waals surface area contributed by atoms with Gasteiger partial charge in [-0.25, -0.2) is 0 Å². The maximum atomic E-state index is 13.4. The first-order chi connectivity index (χ1) is 13.5. The molecule has 0 fully saturated rings. The first kappa shape index (κ1) is 18.4. The van der Waals surface area contributed by atoms with E-state index in [-0.39, 0.29) is 22.1 Å². The van der Waals surface area contributed by atoms with E-state index < -0.39 is 4.92 Å². The first-order valence-corrected chi connectivity index (χ1v) is 9.64. The van der Waals surface area contributed by atoms with E-state index >= 15 is 0 Å². The van der Waals surface area contributed by atoms with E-state index in [1.165, 1.54) is 24.1 Å². The van der Waals surface area contributed by atoms with Gasteiger partial charge in [-0.1, -0.05) is 23.7 Å². The van der Waals surface area contributed by atoms with Crippen molar-refractivity contribution in [1.82, 2.24) is 4.40 Å². The molecule has 5 nitrogen and oxygen atoms in total. The third-order valence-electron chi connectivity index (χ3n) is 5.32. The van der Waals surface area contributed by atoms with Crippen molar-refractivity contribution in [3.63, 3.8) is 0 Å². The predicted molar refractivity (Wildman–Crippen MR) is 110 cm³/mol. The highest BCUT2D eigenvalue weighted by Crippen LogP contribution is 2.36. The molecule has 0 bridgehead atoms. The third kappa shape index (κ3) is 3.02. The van der Waals surface area contributed by atoms with Crippen LogP contribution in [0.4, 0.5) is 5.69 Å². The van der Waals surface area contributed by atoms with Gasteiger partial charge in [0, 0.05) is 23.4 Å². The summed E-state index contributed by atoms with van der Waals surface area (Å²) in [7, 11) is 0. The van der Waals surface area contributed by atoms with Gasteiger partial charge in [0.2, 0.25) is 5.78 Å². The summed E-state index contributed by atoms with van der Waals surface area (Å²) >= 11 is 5.91. The molecule has 0 amide bonds. The van der Waals surface area contributed by atoms with Crippen molar-refractivity contribution in [2.45, 2.75) is 32.6 Å². The van der Waals surface area contributed by atoms with Gasteiger partial charge in [0.15, 0.2) is 0 Å². The number of nitrogens with zero attached hydrogens (tertiary/aromatic N) is 2. The fraction of sp³-hybridized carbons (Fsp3) is 0.227. The van der Waals surface area contributed by atoms with Crippen LogP contribution in [0, 0.1) is 17.0 Å². The third-order valence-corrected chi connectivity index (χ3v) is 5.64. The van der Waals surface area contributed by atoms with Crippen LogP contribution in [-0.4, -0.2) is 15.1 Å². The number of fused-ring (bicyclic) bond motifs is 1. The van der Waals surface area contributed by atoms with E-state index in [4.69, 9.17) is 11.6 Å². The zero-order valence-electron chi connectivity index (χ0n) is 15.4. The molecule has 0 spiro atoms. The maximum Gasteiger partial charge on any atom is 0.288 e. The molecule has 28 heavy (non-hydrogen) atoms. The average molecular weight is 395 g/mol. The number of carbonyl (C=O) groups excluding carboxylic acids is 1. The lowest BCUT2D eigenvalue weighted by atomic mass is 9.91. The van der Waals surface area contributed by atoms with Crippen molar-refractivity contribution in [3.05, 3.63) is 86.2 Å². The van der Waals surface area contributed by atoms with Gasteiger partial charge < -0.3 is 4.40 Å². The number of halogens is 1. The molecule has 1 aliphatic carbocycles. The Morgan fingerprint density at radius 3 is 2.75 bits per heavy atom. The number of rotatable bonds is 4. The summed E-state index contributed by atoms with van der Waals surface area (Å²) in [5.41, 5.74) is 4.80. The standard InChI is InChI=1S/C22H19ClN2O3/c1-14-20(15-7-3-2-4-8-15)18-9-5-6-12-24(18)21(14)22(26)16-10-11-17(23)19(13-16)25(27)28/h5-7,9-13H,2-4,8H2,1H3. The Kier molecular flexibility index (Phi) is 4.77. The van der Waals surface area contributed by atoms with Gasteiger partial charge in [-0.3, -0.25) is 14.9 Å². The first-order valence-electron chi connectivity index (χ1n) is 9.26. The largest absolute Gasteiger partial charge is 0.313 e. The number of aromatic nitrogens is 1. The summed E-state index contributed by atoms with van der Waals surface area (Å²) in [6.45, 7) is 1.95. The Morgan fingerprint density at radius 1 is 1.21 bits per heavy atom. The minimum Gasteiger partial charge on any atom is -0.313 e. The SMILES string of the molecule is Cc1c(C2=CCCCC2)c2ccccn2c1C(=O)c1ccc(Cl)c([N+](=O)[O-])c1. The molecule has 4 rings (SSSR count). The summed E-state index contributed by atoms with van der Waals surface area (Å²) in [6.07, 6.45) is 8.50. The zero-order chi connectivity index (χ0) is 19.8. The molecular formula is C22H19ClN2O3. The van der Waals surface area contributed by atoms with Crippen LogP contribution < -0.4 is 0 Å². The number of pyridine rings is 1. The van der Waals surface area contributed by atoms with Crippen LogP contribution in [0.3, 0.4) is 0 Å². The molecule has 2 heterocycles. The molecule has 0 atom stereocenters. The molecule has 0 saturated heterocycles. The van der Waals surface area contributed by atoms with Crippen LogP contribution in [0.5, 0.6) is 0 Å². The molecule has 2 aromatic heterocycles. The van der Waals surface area contributed by atoms with Crippen LogP contribution in [0.1, 0.15) is 52.9 Å². The number of allylic oxidation sites excluding steroid dienone is 2. The lowest BCUT2D eigenvalue weighted by Crippen LogP contribution is -2.07. The second kappa shape index (κ2) is 7.24. The number of benzene rings is 1. The van der Waals surface area contributed by atoms with Crippen LogP contribution in [-0.2, 0) is 0 Å². The summed E-state index contributed by atoms with van der Waals surface area (Å²) in [4.78, 5) is 24.0. The van der Waals surface area contributed by atoms with Gasteiger partial charge in [0.25, 0.3) is 5.69 Å². The molecule has 0 radical (unpaired) electrons. The number of nitro benzene ring substituents is 1. The molecule has 1 aromatic carbocycles. The summed E-state index contributed by atoms with van der Waals surface area (Å²) in [5, 5.41) is 11.2. The van der Waals surface area contributed by atoms with Gasteiger partial charge >= 0.3 is 0 Å². The molecule has 6 heteroatoms. The number of ketones is 1. The maximum absolute atomic E-state index is 13.4. The average Bonchev–Trinajstić information content (AvgIpc) is 3.00. The zero-order valence-corrected chi connectivity index (χ0v) is 16.2. The lowest BCUT2D eigenvalue weighted by Gasteiger charge is -2.13. The molecule has 142 valence electrons. The highest BCUT2D eigenvalue weighted by molar-refractivity contribution is 6.32. The molecule has 1 aliphatic rings. The smallest absolute Gasteiger partial charge is 0.288 e. The predicted octanol–water partition coefficient (Wildman–Crippen LogP) is 6.00. The van der Waals surface area contributed by atoms with E-state index in [1.807, 2.05) is 35.7 Å². The van der Waals surface area contributed by atoms with Crippen molar-refractivity contribution in [3.8, 4) is 0 Å². The van der Waals surface area contributed by atoms with Gasteiger partial charge in [-0.2, -0.15) is 0 Å². The molecular weight excluding hydrogens is 376 g/mol. The van der Waals surface area contributed by atoms with Crippen molar-refractivity contribution in [1.29, 1.82) is 0 Å². The van der Waals surface area contributed by atoms with Crippen molar-refractivity contribution < 1.29 is 9.72 Å². The van der Waals surface area contributed by atoms with Crippen molar-refractivity contribution >= 4 is 34.2 Å². The molecule has 0 aliphatic heterocycles. The quantitative estimate of drug-likeness (QED) is 0.310. The van der Waals surface area contributed by atoms with Gasteiger partial charge in [-0.15, -0.1) is 0 Å². The Bertz CT molecular complexity index is 1140. The number of hydrogen-bond acceptors (Lipinski definition) is 3. The van der Waals surface area contributed by atoms with E-state index in [2.05, 4.69) is 6.08 Å². The molecule has 0 N–H and O–H groups in total. The topological polar surface area (TPSA) is 64.6 Å². The van der Waals surface area contributed by atoms with Crippen LogP contribution in [0.15, 0.2) is 48.7 Å². The fourth-order valence-corrected chi connectivity index (χ4v) is 4.20. The van der Waals surface area contributed by atoms with Crippen LogP contribution in [0.25, 0.3) is 11.1 Å².